The van der Waals surface area contributed by atoms with Crippen molar-refractivity contribution in [3.8, 4) is 0 Å². The first kappa shape index (κ1) is 24.9. The summed E-state index contributed by atoms with van der Waals surface area (Å²) >= 11 is 0. The maximum absolute atomic E-state index is 14.8. The Morgan fingerprint density at radius 3 is 1.48 bits per heavy atom. The summed E-state index contributed by atoms with van der Waals surface area (Å²) in [5, 5.41) is 0.284. The van der Waals surface area contributed by atoms with Gasteiger partial charge in [0, 0.05) is 16.4 Å². The van der Waals surface area contributed by atoms with Crippen LogP contribution in [0.5, 0.6) is 0 Å². The average molecular weight is 461 g/mol. The van der Waals surface area contributed by atoms with Gasteiger partial charge in [-0.3, -0.25) is 9.59 Å². The molecule has 0 spiro atoms. The summed E-state index contributed by atoms with van der Waals surface area (Å²) in [6.45, 7) is 17.4. The van der Waals surface area contributed by atoms with Gasteiger partial charge in [0.25, 0.3) is 0 Å². The summed E-state index contributed by atoms with van der Waals surface area (Å²) in [6.07, 6.45) is 0. The minimum Gasteiger partial charge on any atom is -0.302 e. The van der Waals surface area contributed by atoms with E-state index in [2.05, 4.69) is 0 Å². The molecule has 0 aliphatic heterocycles. The summed E-state index contributed by atoms with van der Waals surface area (Å²) in [7, 11) is -4.17. The number of aryl methyl sites for hydroxylation is 2. The molecule has 172 valence electrons. The molecule has 0 aliphatic carbocycles. The second-order valence-electron chi connectivity index (χ2n) is 9.19. The average Bonchev–Trinajstić information content (AvgIpc) is 2.79. The summed E-state index contributed by atoms with van der Waals surface area (Å²) in [6, 6.07) is 10.5. The predicted molar refractivity (Wildman–Crippen MR) is 138 cm³/mol. The monoisotopic (exact) mass is 460 g/mol. The van der Waals surface area contributed by atoms with Gasteiger partial charge in [-0.2, -0.15) is 0 Å². The van der Waals surface area contributed by atoms with Gasteiger partial charge in [-0.25, -0.2) is 0 Å². The van der Waals surface area contributed by atoms with E-state index < -0.39 is 18.2 Å². The van der Waals surface area contributed by atoms with Crippen molar-refractivity contribution >= 4 is 23.5 Å². The third-order valence-electron chi connectivity index (χ3n) is 7.48. The zero-order chi connectivity index (χ0) is 24.8. The van der Waals surface area contributed by atoms with Crippen molar-refractivity contribution in [1.82, 2.24) is 0 Å². The maximum atomic E-state index is 14.8. The van der Waals surface area contributed by atoms with Crippen LogP contribution in [0, 0.1) is 62.3 Å². The lowest BCUT2D eigenvalue weighted by Gasteiger charge is -2.24. The lowest BCUT2D eigenvalue weighted by atomic mass is 9.90. The van der Waals surface area contributed by atoms with Crippen LogP contribution in [0.4, 0.5) is 0 Å². The van der Waals surface area contributed by atoms with E-state index in [0.29, 0.717) is 11.1 Å². The molecular formula is C29H33O3P. The molecule has 0 aliphatic rings. The Balaban J connectivity index is 2.39. The van der Waals surface area contributed by atoms with E-state index in [1.54, 1.807) is 30.3 Å². The van der Waals surface area contributed by atoms with Gasteiger partial charge >= 0.3 is 0 Å². The standard InChI is InChI=1S/C29H33O3P/c1-16-15-17(2)26(22(7)18(16)3)28(30)33(32,25-13-11-10-12-14-25)29(31)27-23(8)20(5)19(4)21(6)24(27)9/h10-15H,1-9H3. The van der Waals surface area contributed by atoms with Crippen molar-refractivity contribution in [2.75, 3.05) is 0 Å². The minimum absolute atomic E-state index is 0.284. The number of rotatable bonds is 5. The number of hydrogen-bond acceptors (Lipinski definition) is 3. The lowest BCUT2D eigenvalue weighted by Crippen LogP contribution is -2.23. The summed E-state index contributed by atoms with van der Waals surface area (Å²) < 4.78 is 14.8. The van der Waals surface area contributed by atoms with E-state index >= 15 is 0 Å². The van der Waals surface area contributed by atoms with Crippen LogP contribution in [0.25, 0.3) is 0 Å². The summed E-state index contributed by atoms with van der Waals surface area (Å²) in [5.74, 6) is 0. The third kappa shape index (κ3) is 3.83. The SMILES string of the molecule is Cc1cc(C)c(C(=O)P(=O)(C(=O)c2c(C)c(C)c(C)c(C)c2C)c2ccccc2)c(C)c1C. The molecule has 3 rings (SSSR count). The highest BCUT2D eigenvalue weighted by Crippen LogP contribution is 2.53. The van der Waals surface area contributed by atoms with Crippen molar-refractivity contribution in [2.45, 2.75) is 62.3 Å². The van der Waals surface area contributed by atoms with Crippen LogP contribution in [0.1, 0.15) is 70.8 Å². The van der Waals surface area contributed by atoms with Gasteiger partial charge in [0.1, 0.15) is 0 Å². The van der Waals surface area contributed by atoms with E-state index in [4.69, 9.17) is 0 Å². The van der Waals surface area contributed by atoms with Crippen LogP contribution in [0.15, 0.2) is 36.4 Å². The first-order valence-electron chi connectivity index (χ1n) is 11.2. The number of carbonyl (C=O) groups excluding carboxylic acids is 2. The lowest BCUT2D eigenvalue weighted by molar-refractivity contribution is 0.104. The van der Waals surface area contributed by atoms with E-state index in [1.807, 2.05) is 68.4 Å². The molecule has 0 N–H and O–H groups in total. The topological polar surface area (TPSA) is 51.2 Å². The zero-order valence-corrected chi connectivity index (χ0v) is 22.0. The maximum Gasteiger partial charge on any atom is 0.248 e. The van der Waals surface area contributed by atoms with Crippen LogP contribution in [-0.4, -0.2) is 11.0 Å². The largest absolute Gasteiger partial charge is 0.302 e. The molecule has 3 aromatic rings. The predicted octanol–water partition coefficient (Wildman–Crippen LogP) is 7.13. The Morgan fingerprint density at radius 2 is 0.970 bits per heavy atom. The molecule has 1 atom stereocenters. The highest BCUT2D eigenvalue weighted by Gasteiger charge is 2.45. The zero-order valence-electron chi connectivity index (χ0n) is 21.1. The van der Waals surface area contributed by atoms with Crippen LogP contribution in [0.3, 0.4) is 0 Å². The third-order valence-corrected chi connectivity index (χ3v) is 10.1. The van der Waals surface area contributed by atoms with Crippen LogP contribution in [0.2, 0.25) is 0 Å². The van der Waals surface area contributed by atoms with Crippen molar-refractivity contribution in [1.29, 1.82) is 0 Å². The molecule has 3 nitrogen and oxygen atoms in total. The Labute approximate surface area is 197 Å². The van der Waals surface area contributed by atoms with Gasteiger partial charge < -0.3 is 4.57 Å². The molecule has 0 bridgehead atoms. The van der Waals surface area contributed by atoms with Crippen molar-refractivity contribution in [3.05, 3.63) is 97.6 Å². The van der Waals surface area contributed by atoms with Gasteiger partial charge in [0.05, 0.1) is 0 Å². The van der Waals surface area contributed by atoms with E-state index in [-0.39, 0.29) is 5.30 Å². The second-order valence-corrected chi connectivity index (χ2v) is 11.7. The van der Waals surface area contributed by atoms with E-state index in [1.165, 1.54) is 0 Å². The fourth-order valence-corrected chi connectivity index (χ4v) is 7.27. The van der Waals surface area contributed by atoms with Crippen molar-refractivity contribution < 1.29 is 14.2 Å². The molecule has 0 saturated heterocycles. The fraction of sp³-hybridized carbons (Fsp3) is 0.310. The van der Waals surface area contributed by atoms with Crippen molar-refractivity contribution in [2.24, 2.45) is 0 Å². The summed E-state index contributed by atoms with van der Waals surface area (Å²) in [4.78, 5) is 28.4. The molecule has 3 aromatic carbocycles. The molecule has 0 radical (unpaired) electrons. The van der Waals surface area contributed by atoms with Gasteiger partial charge in [-0.05, 0) is 112 Å². The second kappa shape index (κ2) is 8.88. The number of hydrogen-bond donors (Lipinski definition) is 0. The highest BCUT2D eigenvalue weighted by molar-refractivity contribution is 8.01. The Hall–Kier alpha value is -2.77. The van der Waals surface area contributed by atoms with E-state index in [0.717, 1.165) is 50.1 Å². The molecule has 0 amide bonds. The first-order chi connectivity index (χ1) is 15.3. The van der Waals surface area contributed by atoms with Gasteiger partial charge in [0.15, 0.2) is 0 Å². The van der Waals surface area contributed by atoms with Gasteiger partial charge in [-0.1, -0.05) is 36.4 Å². The molecule has 0 heterocycles. The number of benzene rings is 3. The van der Waals surface area contributed by atoms with Crippen LogP contribution < -0.4 is 5.30 Å². The van der Waals surface area contributed by atoms with Gasteiger partial charge in [0.2, 0.25) is 18.2 Å². The van der Waals surface area contributed by atoms with Crippen LogP contribution >= 0.6 is 7.14 Å². The molecule has 0 saturated carbocycles. The molecule has 0 fully saturated rings. The van der Waals surface area contributed by atoms with Crippen LogP contribution in [-0.2, 0) is 4.57 Å². The number of carbonyl (C=O) groups is 2. The fourth-order valence-electron chi connectivity index (χ4n) is 4.71. The molecule has 1 unspecified atom stereocenters. The molecule has 0 aromatic heterocycles. The first-order valence-corrected chi connectivity index (χ1v) is 13.0. The van der Waals surface area contributed by atoms with E-state index in [9.17, 15) is 14.2 Å². The Morgan fingerprint density at radius 1 is 0.545 bits per heavy atom. The molecule has 33 heavy (non-hydrogen) atoms. The molecule has 4 heteroatoms. The smallest absolute Gasteiger partial charge is 0.248 e. The highest BCUT2D eigenvalue weighted by atomic mass is 31.2. The minimum atomic E-state index is -4.17. The molecular weight excluding hydrogens is 427 g/mol. The quantitative estimate of drug-likeness (QED) is 0.381. The normalized spacial score (nSPS) is 13.0. The summed E-state index contributed by atoms with van der Waals surface area (Å²) in [5.41, 5.74) is 7.91. The Bertz CT molecular complexity index is 1320. The Kier molecular flexibility index (Phi) is 6.69. The van der Waals surface area contributed by atoms with Gasteiger partial charge in [-0.15, -0.1) is 0 Å². The van der Waals surface area contributed by atoms with Crippen molar-refractivity contribution in [3.63, 3.8) is 0 Å².